The van der Waals surface area contributed by atoms with Gasteiger partial charge in [0.2, 0.25) is 11.8 Å². The van der Waals surface area contributed by atoms with Crippen molar-refractivity contribution in [2.75, 3.05) is 16.8 Å². The van der Waals surface area contributed by atoms with Crippen LogP contribution in [0.15, 0.2) is 42.5 Å². The van der Waals surface area contributed by atoms with Gasteiger partial charge in [0, 0.05) is 24.7 Å². The third-order valence-electron chi connectivity index (χ3n) is 6.54. The summed E-state index contributed by atoms with van der Waals surface area (Å²) < 4.78 is 0. The maximum absolute atomic E-state index is 12.8. The zero-order valence-corrected chi connectivity index (χ0v) is 18.1. The second-order valence-corrected chi connectivity index (χ2v) is 8.94. The molecule has 1 aliphatic carbocycles. The van der Waals surface area contributed by atoms with Crippen LogP contribution in [-0.2, 0) is 9.59 Å². The molecule has 2 aromatic rings. The number of benzene rings is 2. The summed E-state index contributed by atoms with van der Waals surface area (Å²) in [6, 6.07) is 11.5. The van der Waals surface area contributed by atoms with E-state index in [2.05, 4.69) is 5.32 Å². The number of likely N-dealkylation sites (tertiary alicyclic amines) is 1. The second-order valence-electron chi connectivity index (χ2n) is 8.53. The van der Waals surface area contributed by atoms with E-state index in [0.717, 1.165) is 30.6 Å². The van der Waals surface area contributed by atoms with E-state index in [4.69, 9.17) is 11.6 Å². The molecule has 32 heavy (non-hydrogen) atoms. The minimum Gasteiger partial charge on any atom is -0.339 e. The van der Waals surface area contributed by atoms with Crippen LogP contribution in [0, 0.1) is 5.92 Å². The van der Waals surface area contributed by atoms with Gasteiger partial charge < -0.3 is 10.2 Å². The molecule has 1 saturated heterocycles. The normalized spacial score (nSPS) is 20.9. The summed E-state index contributed by atoms with van der Waals surface area (Å²) in [7, 11) is 0. The Bertz CT molecular complexity index is 1110. The maximum Gasteiger partial charge on any atom is 0.266 e. The Morgan fingerprint density at radius 2 is 1.62 bits per heavy atom. The highest BCUT2D eigenvalue weighted by Crippen LogP contribution is 2.35. The minimum absolute atomic E-state index is 0.0380. The van der Waals surface area contributed by atoms with Gasteiger partial charge in [0.25, 0.3) is 11.8 Å². The molecule has 1 unspecified atom stereocenters. The van der Waals surface area contributed by atoms with Gasteiger partial charge in [-0.2, -0.15) is 0 Å². The average Bonchev–Trinajstić information content (AvgIpc) is 3.49. The van der Waals surface area contributed by atoms with Crippen molar-refractivity contribution in [2.24, 2.45) is 5.92 Å². The molecule has 3 aliphatic rings. The Morgan fingerprint density at radius 3 is 2.25 bits per heavy atom. The van der Waals surface area contributed by atoms with Crippen molar-refractivity contribution in [3.05, 3.63) is 58.6 Å². The van der Waals surface area contributed by atoms with Crippen LogP contribution in [-0.4, -0.2) is 41.1 Å². The molecule has 164 valence electrons. The van der Waals surface area contributed by atoms with Gasteiger partial charge in [-0.15, -0.1) is 0 Å². The highest BCUT2D eigenvalue weighted by Gasteiger charge is 2.39. The predicted octanol–water partition coefficient (Wildman–Crippen LogP) is 3.87. The van der Waals surface area contributed by atoms with Crippen molar-refractivity contribution in [1.82, 2.24) is 4.90 Å². The van der Waals surface area contributed by atoms with Gasteiger partial charge >= 0.3 is 0 Å². The zero-order valence-electron chi connectivity index (χ0n) is 17.3. The van der Waals surface area contributed by atoms with E-state index in [1.807, 2.05) is 4.90 Å². The molecule has 8 heteroatoms. The number of imide groups is 1. The van der Waals surface area contributed by atoms with Crippen molar-refractivity contribution >= 4 is 46.6 Å². The summed E-state index contributed by atoms with van der Waals surface area (Å²) in [5.74, 6) is -1.46. The van der Waals surface area contributed by atoms with Gasteiger partial charge in [-0.1, -0.05) is 36.6 Å². The molecular weight excluding hydrogens is 430 g/mol. The number of carbonyl (C=O) groups is 4. The second kappa shape index (κ2) is 8.06. The molecule has 2 aliphatic heterocycles. The van der Waals surface area contributed by atoms with Crippen molar-refractivity contribution in [1.29, 1.82) is 0 Å². The molecule has 2 heterocycles. The van der Waals surface area contributed by atoms with Crippen molar-refractivity contribution in [2.45, 2.75) is 38.1 Å². The van der Waals surface area contributed by atoms with Crippen LogP contribution in [0.25, 0.3) is 0 Å². The maximum atomic E-state index is 12.8. The van der Waals surface area contributed by atoms with Crippen LogP contribution in [0.1, 0.15) is 52.8 Å². The first-order valence-electron chi connectivity index (χ1n) is 10.8. The van der Waals surface area contributed by atoms with Gasteiger partial charge in [-0.25, -0.2) is 4.90 Å². The van der Waals surface area contributed by atoms with Crippen LogP contribution in [0.2, 0.25) is 5.02 Å². The molecule has 2 fully saturated rings. The van der Waals surface area contributed by atoms with Crippen LogP contribution in [0.4, 0.5) is 11.4 Å². The number of amides is 4. The predicted molar refractivity (Wildman–Crippen MR) is 120 cm³/mol. The van der Waals surface area contributed by atoms with E-state index >= 15 is 0 Å². The summed E-state index contributed by atoms with van der Waals surface area (Å²) in [5.41, 5.74) is 1.39. The first-order valence-corrected chi connectivity index (χ1v) is 11.2. The van der Waals surface area contributed by atoms with Crippen LogP contribution < -0.4 is 10.2 Å². The van der Waals surface area contributed by atoms with Crippen molar-refractivity contribution in [3.63, 3.8) is 0 Å². The van der Waals surface area contributed by atoms with Gasteiger partial charge in [-0.3, -0.25) is 19.2 Å². The lowest BCUT2D eigenvalue weighted by Gasteiger charge is -2.24. The van der Waals surface area contributed by atoms with Crippen molar-refractivity contribution in [3.8, 4) is 0 Å². The Hall–Kier alpha value is -3.19. The van der Waals surface area contributed by atoms with Crippen LogP contribution >= 0.6 is 11.6 Å². The van der Waals surface area contributed by atoms with Crippen LogP contribution in [0.5, 0.6) is 0 Å². The number of hydrogen-bond donors (Lipinski definition) is 1. The fourth-order valence-corrected chi connectivity index (χ4v) is 5.16. The smallest absolute Gasteiger partial charge is 0.266 e. The molecule has 0 spiro atoms. The average molecular weight is 452 g/mol. The van der Waals surface area contributed by atoms with E-state index < -0.39 is 17.7 Å². The third kappa shape index (κ3) is 3.46. The third-order valence-corrected chi connectivity index (χ3v) is 6.85. The molecule has 0 radical (unpaired) electrons. The summed E-state index contributed by atoms with van der Waals surface area (Å²) in [4.78, 5) is 53.5. The SMILES string of the molecule is O=C(Nc1ccc(N2C(=O)c3ccccc3C2=O)c(Cl)c1)C1CC(=O)N(C2CCCC2)C1. The number of nitrogens with zero attached hydrogens (tertiary/aromatic N) is 2. The van der Waals surface area contributed by atoms with Gasteiger partial charge in [0.1, 0.15) is 0 Å². The Morgan fingerprint density at radius 1 is 0.969 bits per heavy atom. The Balaban J connectivity index is 1.29. The molecule has 1 saturated carbocycles. The molecule has 0 bridgehead atoms. The fraction of sp³-hybridized carbons (Fsp3) is 0.333. The van der Waals surface area contributed by atoms with E-state index in [0.29, 0.717) is 23.4 Å². The number of carbonyl (C=O) groups excluding carboxylic acids is 4. The van der Waals surface area contributed by atoms with E-state index in [9.17, 15) is 19.2 Å². The molecule has 5 rings (SSSR count). The van der Waals surface area contributed by atoms with Crippen molar-refractivity contribution < 1.29 is 19.2 Å². The quantitative estimate of drug-likeness (QED) is 0.715. The molecular formula is C24H22ClN3O4. The number of halogens is 1. The van der Waals surface area contributed by atoms with Gasteiger partial charge in [-0.05, 0) is 43.2 Å². The summed E-state index contributed by atoms with van der Waals surface area (Å²) >= 11 is 6.40. The van der Waals surface area contributed by atoms with Gasteiger partial charge in [0.05, 0.1) is 27.8 Å². The molecule has 1 atom stereocenters. The topological polar surface area (TPSA) is 86.8 Å². The van der Waals surface area contributed by atoms with E-state index in [1.165, 1.54) is 6.07 Å². The van der Waals surface area contributed by atoms with Crippen LogP contribution in [0.3, 0.4) is 0 Å². The lowest BCUT2D eigenvalue weighted by Crippen LogP contribution is -2.35. The zero-order chi connectivity index (χ0) is 22.4. The Kier molecular flexibility index (Phi) is 5.21. The highest BCUT2D eigenvalue weighted by atomic mass is 35.5. The molecule has 0 aromatic heterocycles. The monoisotopic (exact) mass is 451 g/mol. The molecule has 2 aromatic carbocycles. The lowest BCUT2D eigenvalue weighted by molar-refractivity contribution is -0.129. The minimum atomic E-state index is -0.430. The lowest BCUT2D eigenvalue weighted by atomic mass is 10.1. The summed E-state index contributed by atoms with van der Waals surface area (Å²) in [6.07, 6.45) is 4.49. The van der Waals surface area contributed by atoms with E-state index in [-0.39, 0.29) is 35.0 Å². The first-order chi connectivity index (χ1) is 15.4. The highest BCUT2D eigenvalue weighted by molar-refractivity contribution is 6.40. The summed E-state index contributed by atoms with van der Waals surface area (Å²) in [5, 5.41) is 3.00. The van der Waals surface area contributed by atoms with E-state index in [1.54, 1.807) is 36.4 Å². The number of hydrogen-bond acceptors (Lipinski definition) is 4. The molecule has 4 amide bonds. The molecule has 7 nitrogen and oxygen atoms in total. The largest absolute Gasteiger partial charge is 0.339 e. The number of rotatable bonds is 4. The van der Waals surface area contributed by atoms with Gasteiger partial charge in [0.15, 0.2) is 0 Å². The molecule has 1 N–H and O–H groups in total. The number of anilines is 2. The fourth-order valence-electron chi connectivity index (χ4n) is 4.89. The standard InChI is InChI=1S/C24H22ClN3O4/c25-19-12-15(26-22(30)14-11-21(29)27(13-14)16-5-1-2-6-16)9-10-20(19)28-23(31)17-7-3-4-8-18(17)24(28)32/h3-4,7-10,12,14,16H,1-2,5-6,11,13H2,(H,26,30). The Labute approximate surface area is 190 Å². The summed E-state index contributed by atoms with van der Waals surface area (Å²) in [6.45, 7) is 0.441. The number of nitrogens with one attached hydrogen (secondary N) is 1. The first kappa shape index (κ1) is 20.7. The number of fused-ring (bicyclic) bond motifs is 1.